The minimum Gasteiger partial charge on any atom is -0.490 e. The standard InChI is InChI=1S/C18H15N3O/c1-2-11-22-18-9-7-17(8-10-18)14-21-20-13-16-5-3-15(12-19)4-6-16/h2-10,13-14H,1,11H2/b20-13+,21-14+. The van der Waals surface area contributed by atoms with Crippen LogP contribution in [0.25, 0.3) is 0 Å². The summed E-state index contributed by atoms with van der Waals surface area (Å²) in [4.78, 5) is 0. The Morgan fingerprint density at radius 2 is 1.50 bits per heavy atom. The number of ether oxygens (including phenoxy) is 1. The maximum atomic E-state index is 8.72. The van der Waals surface area contributed by atoms with Gasteiger partial charge in [0.15, 0.2) is 0 Å². The number of benzene rings is 2. The van der Waals surface area contributed by atoms with Crippen molar-refractivity contribution < 1.29 is 4.74 Å². The van der Waals surface area contributed by atoms with Crippen molar-refractivity contribution in [2.24, 2.45) is 10.2 Å². The van der Waals surface area contributed by atoms with Gasteiger partial charge in [0.1, 0.15) is 12.4 Å². The highest BCUT2D eigenvalue weighted by molar-refractivity contribution is 5.82. The molecular formula is C18H15N3O. The van der Waals surface area contributed by atoms with Crippen LogP contribution in [0.1, 0.15) is 16.7 Å². The molecule has 2 aromatic rings. The van der Waals surface area contributed by atoms with Gasteiger partial charge in [-0.05, 0) is 47.5 Å². The molecule has 2 aromatic carbocycles. The fourth-order valence-electron chi connectivity index (χ4n) is 1.65. The van der Waals surface area contributed by atoms with Gasteiger partial charge in [-0.3, -0.25) is 0 Å². The predicted octanol–water partition coefficient (Wildman–Crippen LogP) is 3.58. The summed E-state index contributed by atoms with van der Waals surface area (Å²) in [6.45, 7) is 4.09. The maximum Gasteiger partial charge on any atom is 0.119 e. The van der Waals surface area contributed by atoms with Crippen molar-refractivity contribution in [2.75, 3.05) is 6.61 Å². The lowest BCUT2D eigenvalue weighted by atomic mass is 10.2. The predicted molar refractivity (Wildman–Crippen MR) is 88.5 cm³/mol. The average molecular weight is 289 g/mol. The Morgan fingerprint density at radius 1 is 0.955 bits per heavy atom. The molecule has 0 radical (unpaired) electrons. The van der Waals surface area contributed by atoms with E-state index in [0.717, 1.165) is 16.9 Å². The Kier molecular flexibility index (Phi) is 5.65. The molecule has 0 amide bonds. The molecule has 0 unspecified atom stereocenters. The summed E-state index contributed by atoms with van der Waals surface area (Å²) >= 11 is 0. The molecule has 0 aliphatic carbocycles. The van der Waals surface area contributed by atoms with Gasteiger partial charge < -0.3 is 4.74 Å². The van der Waals surface area contributed by atoms with Crippen LogP contribution >= 0.6 is 0 Å². The Morgan fingerprint density at radius 3 is 2.00 bits per heavy atom. The molecule has 0 aliphatic rings. The zero-order valence-corrected chi connectivity index (χ0v) is 12.0. The molecule has 4 nitrogen and oxygen atoms in total. The fraction of sp³-hybridized carbons (Fsp3) is 0.0556. The third-order valence-corrected chi connectivity index (χ3v) is 2.77. The van der Waals surface area contributed by atoms with E-state index < -0.39 is 0 Å². The molecule has 0 aliphatic heterocycles. The molecule has 0 bridgehead atoms. The van der Waals surface area contributed by atoms with E-state index in [4.69, 9.17) is 10.00 Å². The number of hydrogen-bond donors (Lipinski definition) is 0. The average Bonchev–Trinajstić information content (AvgIpc) is 2.58. The summed E-state index contributed by atoms with van der Waals surface area (Å²) in [5, 5.41) is 16.7. The van der Waals surface area contributed by atoms with Crippen LogP contribution < -0.4 is 4.74 Å². The minimum absolute atomic E-state index is 0.488. The molecule has 0 atom stereocenters. The summed E-state index contributed by atoms with van der Waals surface area (Å²) in [6, 6.07) is 16.7. The zero-order valence-electron chi connectivity index (χ0n) is 12.0. The second-order valence-corrected chi connectivity index (χ2v) is 4.39. The van der Waals surface area contributed by atoms with Gasteiger partial charge >= 0.3 is 0 Å². The number of rotatable bonds is 6. The Bertz CT molecular complexity index is 707. The second kappa shape index (κ2) is 8.18. The van der Waals surface area contributed by atoms with Crippen LogP contribution in [0, 0.1) is 11.3 Å². The van der Waals surface area contributed by atoms with E-state index in [-0.39, 0.29) is 0 Å². The topological polar surface area (TPSA) is 57.7 Å². The molecular weight excluding hydrogens is 274 g/mol. The van der Waals surface area contributed by atoms with Crippen molar-refractivity contribution in [3.8, 4) is 11.8 Å². The first-order chi connectivity index (χ1) is 10.8. The lowest BCUT2D eigenvalue weighted by molar-refractivity contribution is 0.363. The van der Waals surface area contributed by atoms with Gasteiger partial charge in [0, 0.05) is 0 Å². The third kappa shape index (κ3) is 4.73. The van der Waals surface area contributed by atoms with Crippen LogP contribution in [0.5, 0.6) is 5.75 Å². The monoisotopic (exact) mass is 289 g/mol. The Balaban J connectivity index is 1.92. The molecule has 0 N–H and O–H groups in total. The summed E-state index contributed by atoms with van der Waals surface area (Å²) in [6.07, 6.45) is 5.00. The minimum atomic E-state index is 0.488. The van der Waals surface area contributed by atoms with Crippen LogP contribution in [0.2, 0.25) is 0 Å². The van der Waals surface area contributed by atoms with Gasteiger partial charge in [-0.1, -0.05) is 24.8 Å². The van der Waals surface area contributed by atoms with Crippen molar-refractivity contribution in [3.05, 3.63) is 77.9 Å². The van der Waals surface area contributed by atoms with Gasteiger partial charge in [-0.25, -0.2) is 0 Å². The fourth-order valence-corrected chi connectivity index (χ4v) is 1.65. The molecule has 22 heavy (non-hydrogen) atoms. The highest BCUT2D eigenvalue weighted by Gasteiger charge is 1.92. The number of nitriles is 1. The molecule has 2 rings (SSSR count). The molecule has 0 heterocycles. The summed E-state index contributed by atoms with van der Waals surface area (Å²) in [7, 11) is 0. The lowest BCUT2D eigenvalue weighted by Crippen LogP contribution is -1.92. The first-order valence-electron chi connectivity index (χ1n) is 6.72. The highest BCUT2D eigenvalue weighted by atomic mass is 16.5. The van der Waals surface area contributed by atoms with Crippen molar-refractivity contribution in [2.45, 2.75) is 0 Å². The summed E-state index contributed by atoms with van der Waals surface area (Å²) < 4.78 is 5.40. The first-order valence-corrected chi connectivity index (χ1v) is 6.72. The van der Waals surface area contributed by atoms with Crippen molar-refractivity contribution in [3.63, 3.8) is 0 Å². The molecule has 0 spiro atoms. The largest absolute Gasteiger partial charge is 0.490 e. The van der Waals surface area contributed by atoms with E-state index in [1.807, 2.05) is 36.4 Å². The summed E-state index contributed by atoms with van der Waals surface area (Å²) in [5.41, 5.74) is 2.45. The van der Waals surface area contributed by atoms with E-state index in [1.165, 1.54) is 0 Å². The van der Waals surface area contributed by atoms with Gasteiger partial charge in [-0.2, -0.15) is 15.5 Å². The number of nitrogens with zero attached hydrogens (tertiary/aromatic N) is 3. The van der Waals surface area contributed by atoms with Crippen LogP contribution in [0.3, 0.4) is 0 Å². The normalized spacial score (nSPS) is 10.7. The molecule has 0 saturated carbocycles. The van der Waals surface area contributed by atoms with Gasteiger partial charge in [0.05, 0.1) is 24.1 Å². The zero-order chi connectivity index (χ0) is 15.6. The Labute approximate surface area is 129 Å². The maximum absolute atomic E-state index is 8.72. The third-order valence-electron chi connectivity index (χ3n) is 2.77. The van der Waals surface area contributed by atoms with Gasteiger partial charge in [0.2, 0.25) is 0 Å². The van der Waals surface area contributed by atoms with E-state index in [2.05, 4.69) is 22.9 Å². The lowest BCUT2D eigenvalue weighted by Gasteiger charge is -2.02. The quantitative estimate of drug-likeness (QED) is 0.463. The van der Waals surface area contributed by atoms with Crippen molar-refractivity contribution in [1.82, 2.24) is 0 Å². The van der Waals surface area contributed by atoms with Crippen molar-refractivity contribution >= 4 is 12.4 Å². The van der Waals surface area contributed by atoms with E-state index >= 15 is 0 Å². The van der Waals surface area contributed by atoms with Crippen LogP contribution in [-0.2, 0) is 0 Å². The molecule has 0 aromatic heterocycles. The second-order valence-electron chi connectivity index (χ2n) is 4.39. The smallest absolute Gasteiger partial charge is 0.119 e. The summed E-state index contributed by atoms with van der Waals surface area (Å²) in [5.74, 6) is 0.790. The SMILES string of the molecule is C=CCOc1ccc(/C=N/N=C/c2ccc(C#N)cc2)cc1. The van der Waals surface area contributed by atoms with Crippen LogP contribution in [0.15, 0.2) is 71.4 Å². The Hall–Kier alpha value is -3.19. The van der Waals surface area contributed by atoms with Gasteiger partial charge in [0.25, 0.3) is 0 Å². The highest BCUT2D eigenvalue weighted by Crippen LogP contribution is 2.11. The van der Waals surface area contributed by atoms with Crippen LogP contribution in [-0.4, -0.2) is 19.0 Å². The van der Waals surface area contributed by atoms with Gasteiger partial charge in [-0.15, -0.1) is 0 Å². The first kappa shape index (κ1) is 15.2. The molecule has 4 heteroatoms. The molecule has 108 valence electrons. The van der Waals surface area contributed by atoms with Crippen molar-refractivity contribution in [1.29, 1.82) is 5.26 Å². The van der Waals surface area contributed by atoms with Crippen LogP contribution in [0.4, 0.5) is 0 Å². The molecule has 0 fully saturated rings. The molecule has 0 saturated heterocycles. The van der Waals surface area contributed by atoms with E-state index in [9.17, 15) is 0 Å². The van der Waals surface area contributed by atoms with E-state index in [1.54, 1.807) is 30.6 Å². The number of hydrogen-bond acceptors (Lipinski definition) is 4. The van der Waals surface area contributed by atoms with E-state index in [0.29, 0.717) is 12.2 Å².